The second kappa shape index (κ2) is 2.42. The largest absolute Gasteiger partial charge is 0.487 e. The lowest BCUT2D eigenvalue weighted by atomic mass is 10.2. The predicted molar refractivity (Wildman–Crippen MR) is 40.0 cm³/mol. The van der Waals surface area contributed by atoms with Crippen LogP contribution in [0.4, 0.5) is 0 Å². The van der Waals surface area contributed by atoms with Crippen molar-refractivity contribution in [2.24, 2.45) is 0 Å². The maximum Gasteiger partial charge on any atom is 0.256 e. The molecule has 0 spiro atoms. The molecule has 0 amide bonds. The Balaban J connectivity index is 2.50. The number of fused-ring (bicyclic) bond motifs is 1. The molecule has 0 atom stereocenters. The van der Waals surface area contributed by atoms with Crippen molar-refractivity contribution < 1.29 is 9.47 Å². The van der Waals surface area contributed by atoms with Crippen LogP contribution in [0.25, 0.3) is 0 Å². The maximum atomic E-state index is 5.33. The molecule has 1 aromatic heterocycles. The van der Waals surface area contributed by atoms with E-state index < -0.39 is 0 Å². The first-order chi connectivity index (χ1) is 5.42. The number of hydrogen-bond donors (Lipinski definition) is 0. The number of methoxy groups -OCH3 is 1. The second-order valence-corrected chi connectivity index (χ2v) is 2.41. The molecular formula is C8H9NO2. The average molecular weight is 151 g/mol. The van der Waals surface area contributed by atoms with Crippen LogP contribution in [0.5, 0.6) is 11.6 Å². The molecule has 1 aromatic rings. The molecule has 1 aliphatic rings. The summed E-state index contributed by atoms with van der Waals surface area (Å²) < 4.78 is 10.4. The van der Waals surface area contributed by atoms with E-state index in [9.17, 15) is 0 Å². The van der Waals surface area contributed by atoms with Gasteiger partial charge >= 0.3 is 0 Å². The third-order valence-corrected chi connectivity index (χ3v) is 1.76. The van der Waals surface area contributed by atoms with E-state index in [1.54, 1.807) is 13.3 Å². The van der Waals surface area contributed by atoms with Crippen LogP contribution >= 0.6 is 0 Å². The van der Waals surface area contributed by atoms with Gasteiger partial charge in [0.15, 0.2) is 5.75 Å². The minimum Gasteiger partial charge on any atom is -0.487 e. The zero-order chi connectivity index (χ0) is 7.68. The summed E-state index contributed by atoms with van der Waals surface area (Å²) in [5, 5.41) is 0. The molecule has 0 N–H and O–H groups in total. The fourth-order valence-electron chi connectivity index (χ4n) is 1.23. The Morgan fingerprint density at radius 2 is 2.55 bits per heavy atom. The number of hydrogen-bond acceptors (Lipinski definition) is 3. The van der Waals surface area contributed by atoms with Crippen molar-refractivity contribution in [3.8, 4) is 11.6 Å². The van der Waals surface area contributed by atoms with Crippen molar-refractivity contribution >= 4 is 0 Å². The molecule has 0 aliphatic carbocycles. The number of pyridine rings is 1. The van der Waals surface area contributed by atoms with Crippen LogP contribution in [-0.2, 0) is 6.42 Å². The minimum atomic E-state index is 0.597. The zero-order valence-electron chi connectivity index (χ0n) is 6.33. The molecular weight excluding hydrogens is 142 g/mol. The standard InChI is InChI=1S/C8H9NO2/c1-10-8-7-6(2-4-9-8)3-5-11-7/h2,4H,3,5H2,1H3. The number of nitrogens with zero attached hydrogens (tertiary/aromatic N) is 1. The fraction of sp³-hybridized carbons (Fsp3) is 0.375. The van der Waals surface area contributed by atoms with Crippen molar-refractivity contribution in [1.82, 2.24) is 4.98 Å². The van der Waals surface area contributed by atoms with Crippen LogP contribution < -0.4 is 9.47 Å². The Hall–Kier alpha value is -1.25. The SMILES string of the molecule is COc1nccc2c1OCC2. The summed E-state index contributed by atoms with van der Waals surface area (Å²) in [6.45, 7) is 0.747. The van der Waals surface area contributed by atoms with Crippen LogP contribution in [0.15, 0.2) is 12.3 Å². The molecule has 0 radical (unpaired) electrons. The zero-order valence-corrected chi connectivity index (χ0v) is 6.33. The smallest absolute Gasteiger partial charge is 0.256 e. The summed E-state index contributed by atoms with van der Waals surface area (Å²) in [5.74, 6) is 1.41. The van der Waals surface area contributed by atoms with E-state index >= 15 is 0 Å². The lowest BCUT2D eigenvalue weighted by molar-refractivity contribution is 0.318. The molecule has 58 valence electrons. The van der Waals surface area contributed by atoms with Gasteiger partial charge in [0, 0.05) is 18.2 Å². The maximum absolute atomic E-state index is 5.33. The molecule has 0 unspecified atom stereocenters. The first-order valence-electron chi connectivity index (χ1n) is 3.56. The first-order valence-corrected chi connectivity index (χ1v) is 3.56. The molecule has 0 bridgehead atoms. The number of ether oxygens (including phenoxy) is 2. The average Bonchev–Trinajstić information content (AvgIpc) is 2.50. The van der Waals surface area contributed by atoms with Crippen molar-refractivity contribution in [2.45, 2.75) is 6.42 Å². The van der Waals surface area contributed by atoms with E-state index in [0.29, 0.717) is 5.88 Å². The highest BCUT2D eigenvalue weighted by atomic mass is 16.5. The van der Waals surface area contributed by atoms with Crippen molar-refractivity contribution in [3.63, 3.8) is 0 Å². The second-order valence-electron chi connectivity index (χ2n) is 2.41. The third kappa shape index (κ3) is 0.926. The normalized spacial score (nSPS) is 13.9. The number of rotatable bonds is 1. The Labute approximate surface area is 65.0 Å². The third-order valence-electron chi connectivity index (χ3n) is 1.76. The molecule has 1 aliphatic heterocycles. The summed E-state index contributed by atoms with van der Waals surface area (Å²) in [4.78, 5) is 4.02. The van der Waals surface area contributed by atoms with Crippen molar-refractivity contribution in [2.75, 3.05) is 13.7 Å². The van der Waals surface area contributed by atoms with Crippen molar-refractivity contribution in [3.05, 3.63) is 17.8 Å². The van der Waals surface area contributed by atoms with Crippen LogP contribution in [0, 0.1) is 0 Å². The molecule has 11 heavy (non-hydrogen) atoms. The van der Waals surface area contributed by atoms with Crippen molar-refractivity contribution in [1.29, 1.82) is 0 Å². The van der Waals surface area contributed by atoms with Crippen LogP contribution in [0.1, 0.15) is 5.56 Å². The van der Waals surface area contributed by atoms with Gasteiger partial charge in [0.05, 0.1) is 13.7 Å². The first kappa shape index (κ1) is 6.46. The fourth-order valence-corrected chi connectivity index (χ4v) is 1.23. The Kier molecular flexibility index (Phi) is 1.42. The van der Waals surface area contributed by atoms with Gasteiger partial charge < -0.3 is 9.47 Å². The monoisotopic (exact) mass is 151 g/mol. The molecule has 3 nitrogen and oxygen atoms in total. The van der Waals surface area contributed by atoms with Crippen LogP contribution in [-0.4, -0.2) is 18.7 Å². The number of aromatic nitrogens is 1. The minimum absolute atomic E-state index is 0.597. The summed E-state index contributed by atoms with van der Waals surface area (Å²) in [7, 11) is 1.60. The van der Waals surface area contributed by atoms with Gasteiger partial charge in [-0.05, 0) is 6.07 Å². The lowest BCUT2D eigenvalue weighted by Crippen LogP contribution is -1.91. The Morgan fingerprint density at radius 1 is 1.64 bits per heavy atom. The highest BCUT2D eigenvalue weighted by Gasteiger charge is 2.16. The Bertz CT molecular complexity index is 273. The molecule has 0 fully saturated rings. The molecule has 0 saturated carbocycles. The van der Waals surface area contributed by atoms with Gasteiger partial charge in [-0.3, -0.25) is 0 Å². The Morgan fingerprint density at radius 3 is 3.36 bits per heavy atom. The van der Waals surface area contributed by atoms with E-state index in [1.807, 2.05) is 6.07 Å². The summed E-state index contributed by atoms with van der Waals surface area (Å²) in [5.41, 5.74) is 1.19. The van der Waals surface area contributed by atoms with Gasteiger partial charge in [0.2, 0.25) is 0 Å². The van der Waals surface area contributed by atoms with Gasteiger partial charge in [0.25, 0.3) is 5.88 Å². The molecule has 2 heterocycles. The molecule has 0 aromatic carbocycles. The molecule has 0 saturated heterocycles. The lowest BCUT2D eigenvalue weighted by Gasteiger charge is -2.03. The van der Waals surface area contributed by atoms with Gasteiger partial charge in [0.1, 0.15) is 0 Å². The summed E-state index contributed by atoms with van der Waals surface area (Å²) in [6, 6.07) is 1.96. The van der Waals surface area contributed by atoms with E-state index in [1.165, 1.54) is 5.56 Å². The molecule has 2 rings (SSSR count). The predicted octanol–water partition coefficient (Wildman–Crippen LogP) is 1.03. The van der Waals surface area contributed by atoms with E-state index in [4.69, 9.17) is 9.47 Å². The van der Waals surface area contributed by atoms with Crippen LogP contribution in [0.3, 0.4) is 0 Å². The van der Waals surface area contributed by atoms with Gasteiger partial charge in [-0.25, -0.2) is 4.98 Å². The highest BCUT2D eigenvalue weighted by molar-refractivity contribution is 5.43. The summed E-state index contributed by atoms with van der Waals surface area (Å²) >= 11 is 0. The van der Waals surface area contributed by atoms with E-state index in [2.05, 4.69) is 4.98 Å². The highest BCUT2D eigenvalue weighted by Crippen LogP contribution is 2.32. The molecule has 3 heteroatoms. The van der Waals surface area contributed by atoms with Gasteiger partial charge in [-0.1, -0.05) is 0 Å². The van der Waals surface area contributed by atoms with E-state index in [-0.39, 0.29) is 0 Å². The van der Waals surface area contributed by atoms with E-state index in [0.717, 1.165) is 18.8 Å². The topological polar surface area (TPSA) is 31.4 Å². The van der Waals surface area contributed by atoms with Gasteiger partial charge in [-0.2, -0.15) is 0 Å². The quantitative estimate of drug-likeness (QED) is 0.600. The summed E-state index contributed by atoms with van der Waals surface area (Å²) in [6.07, 6.45) is 2.71. The van der Waals surface area contributed by atoms with Gasteiger partial charge in [-0.15, -0.1) is 0 Å². The van der Waals surface area contributed by atoms with Crippen LogP contribution in [0.2, 0.25) is 0 Å².